The van der Waals surface area contributed by atoms with Gasteiger partial charge in [0.15, 0.2) is 0 Å². The quantitative estimate of drug-likeness (QED) is 0.662. The molecule has 0 saturated carbocycles. The van der Waals surface area contributed by atoms with Crippen molar-refractivity contribution in [3.63, 3.8) is 0 Å². The van der Waals surface area contributed by atoms with E-state index in [4.69, 9.17) is 14.2 Å². The van der Waals surface area contributed by atoms with Gasteiger partial charge in [0.05, 0.1) is 20.6 Å². The first-order chi connectivity index (χ1) is 13.2. The normalized spacial score (nSPS) is 10.1. The molecule has 3 aromatic rings. The summed E-state index contributed by atoms with van der Waals surface area (Å²) in [6.07, 6.45) is 0.183. The summed E-state index contributed by atoms with van der Waals surface area (Å²) in [5.41, 5.74) is 1.46. The van der Waals surface area contributed by atoms with Crippen LogP contribution >= 0.6 is 0 Å². The topological polar surface area (TPSA) is 56.8 Å². The molecule has 0 aliphatic carbocycles. The van der Waals surface area contributed by atoms with Crippen LogP contribution in [0, 0.1) is 0 Å². The minimum absolute atomic E-state index is 0.140. The van der Waals surface area contributed by atoms with Crippen LogP contribution in [0.5, 0.6) is 23.0 Å². The molecule has 27 heavy (non-hydrogen) atoms. The molecule has 0 unspecified atom stereocenters. The maximum Gasteiger partial charge on any atom is 0.228 e. The van der Waals surface area contributed by atoms with E-state index in [0.29, 0.717) is 22.9 Å². The van der Waals surface area contributed by atoms with Crippen LogP contribution in [0.1, 0.15) is 5.56 Å². The fourth-order valence-corrected chi connectivity index (χ4v) is 2.63. The minimum atomic E-state index is -0.140. The maximum atomic E-state index is 12.4. The van der Waals surface area contributed by atoms with Crippen molar-refractivity contribution in [1.29, 1.82) is 0 Å². The van der Waals surface area contributed by atoms with Crippen molar-refractivity contribution in [3.05, 3.63) is 78.4 Å². The van der Waals surface area contributed by atoms with Crippen LogP contribution in [0.25, 0.3) is 0 Å². The van der Waals surface area contributed by atoms with Crippen molar-refractivity contribution in [1.82, 2.24) is 0 Å². The van der Waals surface area contributed by atoms with Crippen LogP contribution < -0.4 is 19.5 Å². The first kappa shape index (κ1) is 18.3. The van der Waals surface area contributed by atoms with Gasteiger partial charge in [0.2, 0.25) is 5.91 Å². The van der Waals surface area contributed by atoms with Crippen molar-refractivity contribution in [2.45, 2.75) is 6.42 Å². The van der Waals surface area contributed by atoms with Crippen LogP contribution in [-0.4, -0.2) is 20.1 Å². The lowest BCUT2D eigenvalue weighted by Crippen LogP contribution is -2.15. The van der Waals surface area contributed by atoms with Crippen LogP contribution in [0.2, 0.25) is 0 Å². The molecule has 1 amide bonds. The molecule has 3 aromatic carbocycles. The van der Waals surface area contributed by atoms with Gasteiger partial charge in [-0.2, -0.15) is 0 Å². The fraction of sp³-hybridized carbons (Fsp3) is 0.136. The van der Waals surface area contributed by atoms with Gasteiger partial charge in [0.1, 0.15) is 23.0 Å². The first-order valence-corrected chi connectivity index (χ1v) is 8.51. The highest BCUT2D eigenvalue weighted by Crippen LogP contribution is 2.25. The summed E-state index contributed by atoms with van der Waals surface area (Å²) in [6, 6.07) is 22.2. The molecule has 5 heteroatoms. The van der Waals surface area contributed by atoms with E-state index < -0.39 is 0 Å². The van der Waals surface area contributed by atoms with E-state index in [1.54, 1.807) is 44.6 Å². The first-order valence-electron chi connectivity index (χ1n) is 8.51. The van der Waals surface area contributed by atoms with Gasteiger partial charge in [0.25, 0.3) is 0 Å². The van der Waals surface area contributed by atoms with E-state index in [2.05, 4.69) is 5.32 Å². The molecule has 0 atom stereocenters. The van der Waals surface area contributed by atoms with Crippen molar-refractivity contribution in [2.24, 2.45) is 0 Å². The second kappa shape index (κ2) is 8.76. The van der Waals surface area contributed by atoms with Gasteiger partial charge in [-0.3, -0.25) is 4.79 Å². The number of carbonyl (C=O) groups is 1. The Labute approximate surface area is 158 Å². The Bertz CT molecular complexity index is 892. The zero-order chi connectivity index (χ0) is 19.1. The summed E-state index contributed by atoms with van der Waals surface area (Å²) >= 11 is 0. The van der Waals surface area contributed by atoms with Crippen LogP contribution in [-0.2, 0) is 11.2 Å². The highest BCUT2D eigenvalue weighted by Gasteiger charge is 2.11. The number of rotatable bonds is 7. The molecule has 0 bridgehead atoms. The molecular formula is C22H21NO4. The average Bonchev–Trinajstić information content (AvgIpc) is 2.70. The highest BCUT2D eigenvalue weighted by atomic mass is 16.5. The zero-order valence-electron chi connectivity index (χ0n) is 15.3. The lowest BCUT2D eigenvalue weighted by molar-refractivity contribution is -0.115. The fourth-order valence-electron chi connectivity index (χ4n) is 2.63. The molecule has 1 N–H and O–H groups in total. The van der Waals surface area contributed by atoms with Crippen molar-refractivity contribution < 1.29 is 19.0 Å². The Morgan fingerprint density at radius 1 is 0.815 bits per heavy atom. The van der Waals surface area contributed by atoms with Gasteiger partial charge < -0.3 is 19.5 Å². The predicted octanol–water partition coefficient (Wildman–Crippen LogP) is 4.68. The smallest absolute Gasteiger partial charge is 0.228 e. The third kappa shape index (κ3) is 5.01. The zero-order valence-corrected chi connectivity index (χ0v) is 15.3. The molecule has 0 aromatic heterocycles. The number of amides is 1. The molecular weight excluding hydrogens is 342 g/mol. The molecule has 0 spiro atoms. The van der Waals surface area contributed by atoms with E-state index in [9.17, 15) is 4.79 Å². The lowest BCUT2D eigenvalue weighted by Gasteiger charge is -2.11. The van der Waals surface area contributed by atoms with E-state index in [0.717, 1.165) is 11.3 Å². The lowest BCUT2D eigenvalue weighted by atomic mass is 10.1. The average molecular weight is 363 g/mol. The Kier molecular flexibility index (Phi) is 5.94. The molecule has 0 fully saturated rings. The second-order valence-electron chi connectivity index (χ2n) is 5.84. The molecule has 0 aliphatic rings. The third-order valence-corrected chi connectivity index (χ3v) is 3.96. The van der Waals surface area contributed by atoms with E-state index in [1.165, 1.54) is 0 Å². The Balaban J connectivity index is 1.63. The van der Waals surface area contributed by atoms with Crippen LogP contribution in [0.3, 0.4) is 0 Å². The Morgan fingerprint density at radius 2 is 1.48 bits per heavy atom. The SMILES string of the molecule is COc1ccc(OC)c(CC(=O)Nc2ccc(Oc3ccccc3)cc2)c1. The molecule has 5 nitrogen and oxygen atoms in total. The number of hydrogen-bond acceptors (Lipinski definition) is 4. The van der Waals surface area contributed by atoms with E-state index in [-0.39, 0.29) is 12.3 Å². The standard InChI is InChI=1S/C22H21NO4/c1-25-20-12-13-21(26-2)16(14-20)15-22(24)23-17-8-10-19(11-9-17)27-18-6-4-3-5-7-18/h3-14H,15H2,1-2H3,(H,23,24). The van der Waals surface area contributed by atoms with Gasteiger partial charge in [-0.1, -0.05) is 18.2 Å². The summed E-state index contributed by atoms with van der Waals surface area (Å²) in [6.45, 7) is 0. The van der Waals surface area contributed by atoms with Gasteiger partial charge in [-0.25, -0.2) is 0 Å². The van der Waals surface area contributed by atoms with Gasteiger partial charge >= 0.3 is 0 Å². The molecule has 0 radical (unpaired) electrons. The van der Waals surface area contributed by atoms with Gasteiger partial charge in [0, 0.05) is 11.3 Å². The summed E-state index contributed by atoms with van der Waals surface area (Å²) in [5.74, 6) is 2.66. The number of benzene rings is 3. The summed E-state index contributed by atoms with van der Waals surface area (Å²) in [4.78, 5) is 12.4. The summed E-state index contributed by atoms with van der Waals surface area (Å²) < 4.78 is 16.3. The Hall–Kier alpha value is -3.47. The number of para-hydroxylation sites is 1. The van der Waals surface area contributed by atoms with Crippen LogP contribution in [0.4, 0.5) is 5.69 Å². The number of carbonyl (C=O) groups excluding carboxylic acids is 1. The molecule has 0 aliphatic heterocycles. The van der Waals surface area contributed by atoms with Gasteiger partial charge in [-0.15, -0.1) is 0 Å². The summed E-state index contributed by atoms with van der Waals surface area (Å²) in [7, 11) is 3.17. The predicted molar refractivity (Wildman–Crippen MR) is 105 cm³/mol. The highest BCUT2D eigenvalue weighted by molar-refractivity contribution is 5.92. The molecule has 3 rings (SSSR count). The Morgan fingerprint density at radius 3 is 2.15 bits per heavy atom. The van der Waals surface area contributed by atoms with E-state index >= 15 is 0 Å². The monoisotopic (exact) mass is 363 g/mol. The summed E-state index contributed by atoms with van der Waals surface area (Å²) in [5, 5.41) is 2.88. The number of nitrogens with one attached hydrogen (secondary N) is 1. The third-order valence-electron chi connectivity index (χ3n) is 3.96. The molecule has 0 saturated heterocycles. The van der Waals surface area contributed by atoms with Crippen molar-refractivity contribution >= 4 is 11.6 Å². The molecule has 138 valence electrons. The van der Waals surface area contributed by atoms with Gasteiger partial charge in [-0.05, 0) is 54.6 Å². The van der Waals surface area contributed by atoms with Crippen molar-refractivity contribution in [2.75, 3.05) is 19.5 Å². The maximum absolute atomic E-state index is 12.4. The second-order valence-corrected chi connectivity index (χ2v) is 5.84. The number of hydrogen-bond donors (Lipinski definition) is 1. The minimum Gasteiger partial charge on any atom is -0.497 e. The number of anilines is 1. The van der Waals surface area contributed by atoms with Crippen LogP contribution in [0.15, 0.2) is 72.8 Å². The number of methoxy groups -OCH3 is 2. The largest absolute Gasteiger partial charge is 0.497 e. The number of ether oxygens (including phenoxy) is 3. The van der Waals surface area contributed by atoms with Crippen molar-refractivity contribution in [3.8, 4) is 23.0 Å². The molecule has 0 heterocycles. The van der Waals surface area contributed by atoms with E-state index in [1.807, 2.05) is 42.5 Å².